The number of pyridine rings is 1. The average molecular weight is 250 g/mol. The van der Waals surface area contributed by atoms with Crippen LogP contribution in [-0.4, -0.2) is 50.7 Å². The maximum atomic E-state index is 4.39. The van der Waals surface area contributed by atoms with Gasteiger partial charge in [0.1, 0.15) is 0 Å². The Hall–Kier alpha value is -1.13. The molecule has 4 nitrogen and oxygen atoms in total. The summed E-state index contributed by atoms with van der Waals surface area (Å²) in [6, 6.07) is 2.17. The van der Waals surface area contributed by atoms with E-state index in [9.17, 15) is 0 Å². The summed E-state index contributed by atoms with van der Waals surface area (Å²) in [5.74, 6) is 0. The number of likely N-dealkylation sites (N-methyl/N-ethyl adjacent to an activating group) is 2. The Morgan fingerprint density at radius 3 is 2.56 bits per heavy atom. The highest BCUT2D eigenvalue weighted by Gasteiger charge is 2.08. The van der Waals surface area contributed by atoms with Gasteiger partial charge in [-0.2, -0.15) is 0 Å². The van der Waals surface area contributed by atoms with Crippen molar-refractivity contribution in [2.45, 2.75) is 20.4 Å². The molecule has 0 spiro atoms. The molecule has 1 aromatic heterocycles. The first-order chi connectivity index (χ1) is 8.54. The summed E-state index contributed by atoms with van der Waals surface area (Å²) < 4.78 is 0. The number of hydrogen-bond donors (Lipinski definition) is 1. The predicted molar refractivity (Wildman–Crippen MR) is 78.2 cm³/mol. The minimum absolute atomic E-state index is 0.880. The summed E-state index contributed by atoms with van der Waals surface area (Å²) in [7, 11) is 6.35. The van der Waals surface area contributed by atoms with Crippen LogP contribution in [-0.2, 0) is 6.54 Å². The van der Waals surface area contributed by atoms with Crippen molar-refractivity contribution < 1.29 is 0 Å². The third-order valence-corrected chi connectivity index (χ3v) is 2.96. The van der Waals surface area contributed by atoms with Gasteiger partial charge in [-0.15, -0.1) is 0 Å². The monoisotopic (exact) mass is 250 g/mol. The van der Waals surface area contributed by atoms with Crippen molar-refractivity contribution in [3.05, 3.63) is 23.5 Å². The van der Waals surface area contributed by atoms with Crippen LogP contribution in [0.1, 0.15) is 18.2 Å². The van der Waals surface area contributed by atoms with E-state index in [1.165, 1.54) is 11.3 Å². The molecule has 1 heterocycles. The smallest absolute Gasteiger partial charge is 0.0443 e. The molecule has 0 amide bonds. The third-order valence-electron chi connectivity index (χ3n) is 2.96. The number of nitrogens with zero attached hydrogens (tertiary/aromatic N) is 3. The van der Waals surface area contributed by atoms with Crippen LogP contribution < -0.4 is 10.2 Å². The molecular weight excluding hydrogens is 224 g/mol. The van der Waals surface area contributed by atoms with E-state index in [0.717, 1.165) is 31.9 Å². The lowest BCUT2D eigenvalue weighted by Crippen LogP contribution is -2.29. The molecule has 0 saturated heterocycles. The second kappa shape index (κ2) is 7.34. The summed E-state index contributed by atoms with van der Waals surface area (Å²) in [4.78, 5) is 8.90. The van der Waals surface area contributed by atoms with Gasteiger partial charge in [-0.25, -0.2) is 0 Å². The molecule has 4 heteroatoms. The number of nitrogens with one attached hydrogen (secondary N) is 1. The normalized spacial score (nSPS) is 11.0. The van der Waals surface area contributed by atoms with Crippen LogP contribution in [0.3, 0.4) is 0 Å². The molecule has 0 aliphatic carbocycles. The van der Waals surface area contributed by atoms with E-state index >= 15 is 0 Å². The van der Waals surface area contributed by atoms with E-state index in [0.29, 0.717) is 0 Å². The minimum Gasteiger partial charge on any atom is -0.373 e. The molecular formula is C14H26N4. The highest BCUT2D eigenvalue weighted by atomic mass is 15.2. The third kappa shape index (κ3) is 4.63. The lowest BCUT2D eigenvalue weighted by atomic mass is 10.2. The van der Waals surface area contributed by atoms with E-state index in [2.05, 4.69) is 54.2 Å². The van der Waals surface area contributed by atoms with Gasteiger partial charge < -0.3 is 15.1 Å². The van der Waals surface area contributed by atoms with Crippen molar-refractivity contribution in [3.8, 4) is 0 Å². The molecule has 18 heavy (non-hydrogen) atoms. The van der Waals surface area contributed by atoms with Crippen LogP contribution in [0, 0.1) is 6.92 Å². The maximum Gasteiger partial charge on any atom is 0.0443 e. The van der Waals surface area contributed by atoms with E-state index in [1.807, 2.05) is 13.1 Å². The van der Waals surface area contributed by atoms with Crippen LogP contribution in [0.25, 0.3) is 0 Å². The SMILES string of the molecule is CCNCc1cnc(C)cc1N(C)CCN(C)C. The highest BCUT2D eigenvalue weighted by Crippen LogP contribution is 2.19. The second-order valence-corrected chi connectivity index (χ2v) is 4.96. The molecule has 0 aliphatic rings. The van der Waals surface area contributed by atoms with Gasteiger partial charge >= 0.3 is 0 Å². The Morgan fingerprint density at radius 2 is 1.94 bits per heavy atom. The first-order valence-corrected chi connectivity index (χ1v) is 6.56. The first-order valence-electron chi connectivity index (χ1n) is 6.56. The van der Waals surface area contributed by atoms with E-state index in [1.54, 1.807) is 0 Å². The Morgan fingerprint density at radius 1 is 1.22 bits per heavy atom. The van der Waals surface area contributed by atoms with Gasteiger partial charge in [0.2, 0.25) is 0 Å². The molecule has 102 valence electrons. The maximum absolute atomic E-state index is 4.39. The molecule has 0 aliphatic heterocycles. The van der Waals surface area contributed by atoms with Crippen molar-refractivity contribution >= 4 is 5.69 Å². The number of hydrogen-bond acceptors (Lipinski definition) is 4. The molecule has 0 atom stereocenters. The first kappa shape index (κ1) is 14.9. The van der Waals surface area contributed by atoms with E-state index in [-0.39, 0.29) is 0 Å². The summed E-state index contributed by atoms with van der Waals surface area (Å²) >= 11 is 0. The summed E-state index contributed by atoms with van der Waals surface area (Å²) in [6.45, 7) is 8.10. The van der Waals surface area contributed by atoms with Crippen LogP contribution >= 0.6 is 0 Å². The molecule has 0 fully saturated rings. The zero-order chi connectivity index (χ0) is 13.5. The lowest BCUT2D eigenvalue weighted by molar-refractivity contribution is 0.416. The molecule has 1 rings (SSSR count). The summed E-state index contributed by atoms with van der Waals surface area (Å²) in [5, 5.41) is 3.37. The van der Waals surface area contributed by atoms with Gasteiger partial charge in [0, 0.05) is 49.8 Å². The van der Waals surface area contributed by atoms with Gasteiger partial charge in [0.15, 0.2) is 0 Å². The average Bonchev–Trinajstić information content (AvgIpc) is 2.34. The Balaban J connectivity index is 2.79. The number of aryl methyl sites for hydroxylation is 1. The van der Waals surface area contributed by atoms with Crippen LogP contribution in [0.5, 0.6) is 0 Å². The second-order valence-electron chi connectivity index (χ2n) is 4.96. The lowest BCUT2D eigenvalue weighted by Gasteiger charge is -2.24. The standard InChI is InChI=1S/C14H26N4/c1-6-15-10-13-11-16-12(2)9-14(13)18(5)8-7-17(3)4/h9,11,15H,6-8,10H2,1-5H3. The van der Waals surface area contributed by atoms with Gasteiger partial charge in [0.05, 0.1) is 0 Å². The molecule has 1 N–H and O–H groups in total. The summed E-state index contributed by atoms with van der Waals surface area (Å²) in [6.07, 6.45) is 1.99. The Labute approximate surface area is 111 Å². The van der Waals surface area contributed by atoms with Crippen molar-refractivity contribution in [3.63, 3.8) is 0 Å². The van der Waals surface area contributed by atoms with E-state index in [4.69, 9.17) is 0 Å². The van der Waals surface area contributed by atoms with Gasteiger partial charge in [0.25, 0.3) is 0 Å². The fraction of sp³-hybridized carbons (Fsp3) is 0.643. The van der Waals surface area contributed by atoms with Crippen molar-refractivity contribution in [1.29, 1.82) is 0 Å². The highest BCUT2D eigenvalue weighted by molar-refractivity contribution is 5.53. The van der Waals surface area contributed by atoms with E-state index < -0.39 is 0 Å². The molecule has 0 aromatic carbocycles. The zero-order valence-corrected chi connectivity index (χ0v) is 12.3. The molecule has 0 bridgehead atoms. The summed E-state index contributed by atoms with van der Waals surface area (Å²) in [5.41, 5.74) is 3.62. The van der Waals surface area contributed by atoms with Crippen molar-refractivity contribution in [1.82, 2.24) is 15.2 Å². The minimum atomic E-state index is 0.880. The number of aromatic nitrogens is 1. The largest absolute Gasteiger partial charge is 0.373 e. The molecule has 0 unspecified atom stereocenters. The van der Waals surface area contributed by atoms with Gasteiger partial charge in [-0.1, -0.05) is 6.92 Å². The fourth-order valence-corrected chi connectivity index (χ4v) is 1.80. The number of rotatable bonds is 7. The zero-order valence-electron chi connectivity index (χ0n) is 12.3. The van der Waals surface area contributed by atoms with Crippen LogP contribution in [0.4, 0.5) is 5.69 Å². The van der Waals surface area contributed by atoms with Crippen LogP contribution in [0.15, 0.2) is 12.3 Å². The molecule has 1 aromatic rings. The topological polar surface area (TPSA) is 31.4 Å². The number of anilines is 1. The fourth-order valence-electron chi connectivity index (χ4n) is 1.80. The molecule has 0 saturated carbocycles. The molecule has 0 radical (unpaired) electrons. The Bertz CT molecular complexity index is 363. The van der Waals surface area contributed by atoms with Crippen LogP contribution in [0.2, 0.25) is 0 Å². The quantitative estimate of drug-likeness (QED) is 0.794. The van der Waals surface area contributed by atoms with Gasteiger partial charge in [-0.05, 0) is 33.6 Å². The predicted octanol–water partition coefficient (Wildman–Crippen LogP) is 1.50. The van der Waals surface area contributed by atoms with Crippen molar-refractivity contribution in [2.75, 3.05) is 45.7 Å². The van der Waals surface area contributed by atoms with Crippen molar-refractivity contribution in [2.24, 2.45) is 0 Å². The van der Waals surface area contributed by atoms with Gasteiger partial charge in [-0.3, -0.25) is 4.98 Å². The Kier molecular flexibility index (Phi) is 6.09.